The highest BCUT2D eigenvalue weighted by atomic mass is 32.2. The first-order chi connectivity index (χ1) is 17.3. The van der Waals surface area contributed by atoms with E-state index >= 15 is 0 Å². The molecule has 1 aliphatic heterocycles. The molecule has 0 aliphatic carbocycles. The zero-order chi connectivity index (χ0) is 25.9. The lowest BCUT2D eigenvalue weighted by molar-refractivity contribution is 0.0933. The quantitative estimate of drug-likeness (QED) is 0.457. The van der Waals surface area contributed by atoms with Gasteiger partial charge in [-0.15, -0.1) is 6.58 Å². The van der Waals surface area contributed by atoms with E-state index in [0.29, 0.717) is 16.9 Å². The Bertz CT molecular complexity index is 1460. The molecule has 190 valence electrons. The molecule has 0 bridgehead atoms. The number of carbonyl (C=O) groups excluding carboxylic acids is 2. The number of hydrogen-bond acceptors (Lipinski definition) is 6. The van der Waals surface area contributed by atoms with Gasteiger partial charge < -0.3 is 14.2 Å². The van der Waals surface area contributed by atoms with Gasteiger partial charge in [0.05, 0.1) is 21.7 Å². The fourth-order valence-corrected chi connectivity index (χ4v) is 6.62. The van der Waals surface area contributed by atoms with Crippen molar-refractivity contribution >= 4 is 43.6 Å². The van der Waals surface area contributed by atoms with Gasteiger partial charge in [-0.3, -0.25) is 4.79 Å². The molecule has 9 nitrogen and oxygen atoms in total. The molecule has 2 amide bonds. The normalized spacial score (nSPS) is 15.3. The van der Waals surface area contributed by atoms with E-state index in [9.17, 15) is 18.0 Å². The van der Waals surface area contributed by atoms with Crippen molar-refractivity contribution in [2.24, 2.45) is 4.99 Å². The minimum absolute atomic E-state index is 0.0860. The van der Waals surface area contributed by atoms with Crippen molar-refractivity contribution in [2.45, 2.75) is 25.3 Å². The maximum absolute atomic E-state index is 13.1. The number of amides is 2. The van der Waals surface area contributed by atoms with Gasteiger partial charge in [0.1, 0.15) is 0 Å². The van der Waals surface area contributed by atoms with E-state index in [-0.39, 0.29) is 37.7 Å². The molecule has 1 aromatic heterocycles. The predicted molar refractivity (Wildman–Crippen MR) is 138 cm³/mol. The summed E-state index contributed by atoms with van der Waals surface area (Å²) >= 11 is 1.42. The molecule has 1 aliphatic rings. The molecule has 2 heterocycles. The third-order valence-corrected chi connectivity index (χ3v) is 8.87. The zero-order valence-electron chi connectivity index (χ0n) is 20.2. The van der Waals surface area contributed by atoms with Crippen LogP contribution in [0.15, 0.2) is 65.0 Å². The van der Waals surface area contributed by atoms with E-state index in [4.69, 9.17) is 4.74 Å². The van der Waals surface area contributed by atoms with Crippen LogP contribution in [0.25, 0.3) is 10.2 Å². The van der Waals surface area contributed by atoms with Gasteiger partial charge in [0.15, 0.2) is 4.80 Å². The molecule has 3 aromatic rings. The Morgan fingerprint density at radius 2 is 1.81 bits per heavy atom. The highest BCUT2D eigenvalue weighted by Crippen LogP contribution is 2.22. The summed E-state index contributed by atoms with van der Waals surface area (Å²) in [6, 6.07) is 11.8. The van der Waals surface area contributed by atoms with Crippen LogP contribution in [-0.4, -0.2) is 67.0 Å². The first kappa shape index (κ1) is 25.8. The van der Waals surface area contributed by atoms with Crippen molar-refractivity contribution in [2.75, 3.05) is 32.8 Å². The number of rotatable bonds is 6. The van der Waals surface area contributed by atoms with Gasteiger partial charge in [-0.1, -0.05) is 29.5 Å². The van der Waals surface area contributed by atoms with Crippen molar-refractivity contribution in [1.82, 2.24) is 13.8 Å². The SMILES string of the molecule is C=CCn1c(=NC(=O)c2ccc(S(=O)(=O)N3CCN(C(=O)OCC)CC3)cc2)sc2cccc(C)c21. The molecule has 0 N–H and O–H groups in total. The third kappa shape index (κ3) is 5.13. The maximum Gasteiger partial charge on any atom is 0.409 e. The number of thiazole rings is 1. The van der Waals surface area contributed by atoms with Crippen LogP contribution in [0, 0.1) is 6.92 Å². The Morgan fingerprint density at radius 1 is 1.11 bits per heavy atom. The molecule has 1 saturated heterocycles. The van der Waals surface area contributed by atoms with Crippen LogP contribution in [0.2, 0.25) is 0 Å². The number of ether oxygens (including phenoxy) is 1. The Labute approximate surface area is 214 Å². The molecule has 36 heavy (non-hydrogen) atoms. The summed E-state index contributed by atoms with van der Waals surface area (Å²) in [6.45, 7) is 9.19. The van der Waals surface area contributed by atoms with Crippen LogP contribution in [0.4, 0.5) is 4.79 Å². The molecule has 0 saturated carbocycles. The molecule has 2 aromatic carbocycles. The van der Waals surface area contributed by atoms with E-state index in [1.165, 1.54) is 44.8 Å². The van der Waals surface area contributed by atoms with Gasteiger partial charge in [-0.25, -0.2) is 13.2 Å². The average molecular weight is 529 g/mol. The van der Waals surface area contributed by atoms with Crippen LogP contribution < -0.4 is 4.80 Å². The largest absolute Gasteiger partial charge is 0.450 e. The summed E-state index contributed by atoms with van der Waals surface area (Å²) in [5.74, 6) is -0.455. The monoisotopic (exact) mass is 528 g/mol. The van der Waals surface area contributed by atoms with Crippen molar-refractivity contribution in [3.8, 4) is 0 Å². The summed E-state index contributed by atoms with van der Waals surface area (Å²) in [5.41, 5.74) is 2.39. The number of aryl methyl sites for hydroxylation is 1. The van der Waals surface area contributed by atoms with Crippen LogP contribution in [0.5, 0.6) is 0 Å². The number of carbonyl (C=O) groups is 2. The Kier molecular flexibility index (Phi) is 7.72. The maximum atomic E-state index is 13.1. The molecule has 1 fully saturated rings. The number of piperazine rings is 1. The molecular formula is C25H28N4O5S2. The number of allylic oxidation sites excluding steroid dienone is 1. The summed E-state index contributed by atoms with van der Waals surface area (Å²) in [6.07, 6.45) is 1.32. The van der Waals surface area contributed by atoms with Crippen molar-refractivity contribution in [3.05, 3.63) is 71.0 Å². The van der Waals surface area contributed by atoms with Crippen molar-refractivity contribution < 1.29 is 22.7 Å². The van der Waals surface area contributed by atoms with Gasteiger partial charge in [-0.2, -0.15) is 9.30 Å². The highest BCUT2D eigenvalue weighted by Gasteiger charge is 2.30. The van der Waals surface area contributed by atoms with E-state index in [1.807, 2.05) is 29.7 Å². The second-order valence-electron chi connectivity index (χ2n) is 8.24. The fraction of sp³-hybridized carbons (Fsp3) is 0.320. The smallest absolute Gasteiger partial charge is 0.409 e. The van der Waals surface area contributed by atoms with Gasteiger partial charge in [0.2, 0.25) is 10.0 Å². The van der Waals surface area contributed by atoms with Gasteiger partial charge in [0.25, 0.3) is 5.91 Å². The van der Waals surface area contributed by atoms with E-state index in [0.717, 1.165) is 15.8 Å². The van der Waals surface area contributed by atoms with Crippen LogP contribution in [0.1, 0.15) is 22.8 Å². The third-order valence-electron chi connectivity index (χ3n) is 5.92. The standard InChI is InChI=1S/C25H28N4O5S2/c1-4-13-29-22-18(3)7-6-8-21(22)35-24(29)26-23(30)19-9-11-20(12-10-19)36(32,33)28-16-14-27(15-17-28)25(31)34-5-2/h4,6-12H,1,5,13-17H2,2-3H3. The van der Waals surface area contributed by atoms with Crippen LogP contribution >= 0.6 is 11.3 Å². The van der Waals surface area contributed by atoms with Crippen molar-refractivity contribution in [3.63, 3.8) is 0 Å². The van der Waals surface area contributed by atoms with E-state index in [1.54, 1.807) is 13.0 Å². The number of hydrogen-bond donors (Lipinski definition) is 0. The fourth-order valence-electron chi connectivity index (χ4n) is 4.09. The highest BCUT2D eigenvalue weighted by molar-refractivity contribution is 7.89. The first-order valence-electron chi connectivity index (χ1n) is 11.6. The van der Waals surface area contributed by atoms with E-state index < -0.39 is 22.0 Å². The predicted octanol–water partition coefficient (Wildman–Crippen LogP) is 3.40. The topological polar surface area (TPSA) is 101 Å². The molecule has 0 atom stereocenters. The Morgan fingerprint density at radius 3 is 2.44 bits per heavy atom. The first-order valence-corrected chi connectivity index (χ1v) is 13.8. The molecule has 11 heteroatoms. The summed E-state index contributed by atoms with van der Waals surface area (Å²) in [5, 5.41) is 0. The van der Waals surface area contributed by atoms with Crippen molar-refractivity contribution in [1.29, 1.82) is 0 Å². The molecule has 0 radical (unpaired) electrons. The van der Waals surface area contributed by atoms with Gasteiger partial charge in [-0.05, 0) is 49.7 Å². The molecule has 0 spiro atoms. The van der Waals surface area contributed by atoms with Gasteiger partial charge in [0, 0.05) is 38.3 Å². The number of para-hydroxylation sites is 1. The number of fused-ring (bicyclic) bond motifs is 1. The average Bonchev–Trinajstić information content (AvgIpc) is 3.22. The number of aromatic nitrogens is 1. The lowest BCUT2D eigenvalue weighted by Crippen LogP contribution is -2.50. The summed E-state index contributed by atoms with van der Waals surface area (Å²) in [4.78, 5) is 31.3. The Balaban J connectivity index is 1.54. The minimum atomic E-state index is -3.76. The molecular weight excluding hydrogens is 500 g/mol. The lowest BCUT2D eigenvalue weighted by atomic mass is 10.2. The molecule has 0 unspecified atom stereocenters. The van der Waals surface area contributed by atoms with E-state index in [2.05, 4.69) is 11.6 Å². The molecule has 4 rings (SSSR count). The summed E-state index contributed by atoms with van der Waals surface area (Å²) < 4.78 is 35.5. The zero-order valence-corrected chi connectivity index (χ0v) is 21.8. The second-order valence-corrected chi connectivity index (χ2v) is 11.2. The lowest BCUT2D eigenvalue weighted by Gasteiger charge is -2.33. The van der Waals surface area contributed by atoms with Gasteiger partial charge >= 0.3 is 6.09 Å². The second kappa shape index (κ2) is 10.8. The Hall–Kier alpha value is -3.28. The number of nitrogens with zero attached hydrogens (tertiary/aromatic N) is 4. The van der Waals surface area contributed by atoms with Crippen LogP contribution in [0.3, 0.4) is 0 Å². The number of sulfonamides is 1. The van der Waals surface area contributed by atoms with Crippen LogP contribution in [-0.2, 0) is 21.3 Å². The summed E-state index contributed by atoms with van der Waals surface area (Å²) in [7, 11) is -3.76. The number of benzene rings is 2. The minimum Gasteiger partial charge on any atom is -0.450 e.